The second-order valence-corrected chi connectivity index (χ2v) is 3.70. The van der Waals surface area contributed by atoms with Gasteiger partial charge in [-0.1, -0.05) is 25.4 Å². The number of halogens is 1. The van der Waals surface area contributed by atoms with Crippen LogP contribution in [-0.4, -0.2) is 29.1 Å². The molecule has 0 aliphatic carbocycles. The lowest BCUT2D eigenvalue weighted by atomic mass is 10.4. The molecule has 0 unspecified atom stereocenters. The van der Waals surface area contributed by atoms with Crippen LogP contribution in [0.25, 0.3) is 0 Å². The van der Waals surface area contributed by atoms with E-state index in [1.54, 1.807) is 12.4 Å². The van der Waals surface area contributed by atoms with E-state index in [4.69, 9.17) is 11.6 Å². The highest BCUT2D eigenvalue weighted by atomic mass is 35.5. The van der Waals surface area contributed by atoms with Crippen LogP contribution in [0.2, 0.25) is 5.02 Å². The Hall–Kier alpha value is -0.870. The second kappa shape index (κ2) is 5.78. The van der Waals surface area contributed by atoms with Crippen LogP contribution in [0.3, 0.4) is 0 Å². The van der Waals surface area contributed by atoms with Gasteiger partial charge in [0.1, 0.15) is 0 Å². The minimum absolute atomic E-state index is 0.503. The van der Waals surface area contributed by atoms with Gasteiger partial charge < -0.3 is 10.6 Å². The Morgan fingerprint density at radius 1 is 1.29 bits per heavy atom. The largest absolute Gasteiger partial charge is 0.353 e. The number of aromatic nitrogens is 2. The molecule has 0 amide bonds. The van der Waals surface area contributed by atoms with Gasteiger partial charge in [-0.15, -0.1) is 0 Å². The first-order valence-corrected chi connectivity index (χ1v) is 5.01. The molecule has 0 radical (unpaired) electrons. The van der Waals surface area contributed by atoms with E-state index < -0.39 is 0 Å². The second-order valence-electron chi connectivity index (χ2n) is 3.26. The first kappa shape index (κ1) is 11.2. The van der Waals surface area contributed by atoms with E-state index in [-0.39, 0.29) is 0 Å². The average Bonchev–Trinajstić information content (AvgIpc) is 2.15. The van der Waals surface area contributed by atoms with E-state index in [1.807, 2.05) is 0 Å². The van der Waals surface area contributed by atoms with Gasteiger partial charge in [-0.25, -0.2) is 9.97 Å². The normalized spacial score (nSPS) is 10.6. The van der Waals surface area contributed by atoms with Crippen LogP contribution in [0, 0.1) is 0 Å². The van der Waals surface area contributed by atoms with Crippen LogP contribution < -0.4 is 10.6 Å². The van der Waals surface area contributed by atoms with Gasteiger partial charge in [-0.2, -0.15) is 0 Å². The third-order valence-corrected chi connectivity index (χ3v) is 1.78. The molecule has 14 heavy (non-hydrogen) atoms. The Morgan fingerprint density at radius 2 is 1.93 bits per heavy atom. The molecule has 4 nitrogen and oxygen atoms in total. The monoisotopic (exact) mass is 214 g/mol. The van der Waals surface area contributed by atoms with Gasteiger partial charge >= 0.3 is 0 Å². The fraction of sp³-hybridized carbons (Fsp3) is 0.556. The molecule has 0 aliphatic heterocycles. The number of rotatable bonds is 5. The smallest absolute Gasteiger partial charge is 0.222 e. The molecule has 0 aliphatic rings. The summed E-state index contributed by atoms with van der Waals surface area (Å²) in [6.07, 6.45) is 3.15. The van der Waals surface area contributed by atoms with Crippen LogP contribution in [0.1, 0.15) is 13.8 Å². The first-order valence-electron chi connectivity index (χ1n) is 4.63. The number of hydrogen-bond donors (Lipinski definition) is 2. The molecule has 1 rings (SSSR count). The lowest BCUT2D eigenvalue weighted by Gasteiger charge is -2.08. The van der Waals surface area contributed by atoms with Crippen molar-refractivity contribution in [1.82, 2.24) is 15.3 Å². The van der Waals surface area contributed by atoms with E-state index in [0.717, 1.165) is 13.1 Å². The molecule has 0 atom stereocenters. The molecule has 0 saturated heterocycles. The van der Waals surface area contributed by atoms with Crippen LogP contribution in [0.15, 0.2) is 12.4 Å². The van der Waals surface area contributed by atoms with E-state index in [2.05, 4.69) is 34.4 Å². The molecule has 0 saturated carbocycles. The standard InChI is InChI=1S/C9H15ClN4/c1-7(2)11-3-4-12-9-13-5-8(10)6-14-9/h5-7,11H,3-4H2,1-2H3,(H,12,13,14). The first-order chi connectivity index (χ1) is 6.68. The summed E-state index contributed by atoms with van der Waals surface area (Å²) >= 11 is 5.65. The number of nitrogens with one attached hydrogen (secondary N) is 2. The average molecular weight is 215 g/mol. The van der Waals surface area contributed by atoms with Crippen molar-refractivity contribution in [2.24, 2.45) is 0 Å². The van der Waals surface area contributed by atoms with Gasteiger partial charge in [0, 0.05) is 19.1 Å². The molecular formula is C9H15ClN4. The maximum absolute atomic E-state index is 5.65. The number of hydrogen-bond acceptors (Lipinski definition) is 4. The highest BCUT2D eigenvalue weighted by Gasteiger charge is 1.95. The summed E-state index contributed by atoms with van der Waals surface area (Å²) in [6.45, 7) is 5.92. The summed E-state index contributed by atoms with van der Waals surface area (Å²) in [5.74, 6) is 0.611. The van der Waals surface area contributed by atoms with Gasteiger partial charge in [-0.3, -0.25) is 0 Å². The van der Waals surface area contributed by atoms with Crippen LogP contribution >= 0.6 is 11.6 Å². The van der Waals surface area contributed by atoms with Crippen LogP contribution in [-0.2, 0) is 0 Å². The Bertz CT molecular complexity index is 260. The molecule has 1 heterocycles. The third kappa shape index (κ3) is 4.39. The molecule has 2 N–H and O–H groups in total. The fourth-order valence-corrected chi connectivity index (χ4v) is 1.04. The minimum Gasteiger partial charge on any atom is -0.353 e. The molecule has 0 fully saturated rings. The van der Waals surface area contributed by atoms with Crippen molar-refractivity contribution in [3.63, 3.8) is 0 Å². The highest BCUT2D eigenvalue weighted by molar-refractivity contribution is 6.30. The molecular weight excluding hydrogens is 200 g/mol. The van der Waals surface area contributed by atoms with E-state index in [9.17, 15) is 0 Å². The summed E-state index contributed by atoms with van der Waals surface area (Å²) in [5.41, 5.74) is 0. The SMILES string of the molecule is CC(C)NCCNc1ncc(Cl)cn1. The van der Waals surface area contributed by atoms with Crippen molar-refractivity contribution in [2.45, 2.75) is 19.9 Å². The van der Waals surface area contributed by atoms with Gasteiger partial charge in [0.25, 0.3) is 0 Å². The maximum Gasteiger partial charge on any atom is 0.222 e. The fourth-order valence-electron chi connectivity index (χ4n) is 0.939. The lowest BCUT2D eigenvalue weighted by Crippen LogP contribution is -2.28. The van der Waals surface area contributed by atoms with Gasteiger partial charge in [-0.05, 0) is 0 Å². The number of anilines is 1. The Balaban J connectivity index is 2.21. The van der Waals surface area contributed by atoms with Crippen molar-refractivity contribution < 1.29 is 0 Å². The van der Waals surface area contributed by atoms with Crippen LogP contribution in [0.5, 0.6) is 0 Å². The molecule has 1 aromatic rings. The summed E-state index contributed by atoms with van der Waals surface area (Å²) in [7, 11) is 0. The zero-order valence-electron chi connectivity index (χ0n) is 8.42. The molecule has 1 aromatic heterocycles. The molecule has 0 spiro atoms. The summed E-state index contributed by atoms with van der Waals surface area (Å²) in [4.78, 5) is 8.03. The van der Waals surface area contributed by atoms with E-state index in [1.165, 1.54) is 0 Å². The Kier molecular flexibility index (Phi) is 4.62. The zero-order valence-corrected chi connectivity index (χ0v) is 9.17. The van der Waals surface area contributed by atoms with E-state index >= 15 is 0 Å². The summed E-state index contributed by atoms with van der Waals surface area (Å²) in [6, 6.07) is 0.503. The highest BCUT2D eigenvalue weighted by Crippen LogP contribution is 2.04. The Labute approximate surface area is 89.1 Å². The summed E-state index contributed by atoms with van der Waals surface area (Å²) < 4.78 is 0. The molecule has 5 heteroatoms. The van der Waals surface area contributed by atoms with Gasteiger partial charge in [0.2, 0.25) is 5.95 Å². The van der Waals surface area contributed by atoms with Gasteiger partial charge in [0.15, 0.2) is 0 Å². The van der Waals surface area contributed by atoms with Crippen molar-refractivity contribution in [3.8, 4) is 0 Å². The molecule has 0 bridgehead atoms. The maximum atomic E-state index is 5.65. The minimum atomic E-state index is 0.503. The van der Waals surface area contributed by atoms with Crippen LogP contribution in [0.4, 0.5) is 5.95 Å². The topological polar surface area (TPSA) is 49.8 Å². The van der Waals surface area contributed by atoms with Crippen molar-refractivity contribution in [1.29, 1.82) is 0 Å². The van der Waals surface area contributed by atoms with Crippen molar-refractivity contribution >= 4 is 17.5 Å². The zero-order chi connectivity index (χ0) is 10.4. The summed E-state index contributed by atoms with van der Waals surface area (Å²) in [5, 5.41) is 6.92. The van der Waals surface area contributed by atoms with Gasteiger partial charge in [0.05, 0.1) is 17.4 Å². The van der Waals surface area contributed by atoms with E-state index in [0.29, 0.717) is 17.0 Å². The predicted octanol–water partition coefficient (Wildman–Crippen LogP) is 1.54. The lowest BCUT2D eigenvalue weighted by molar-refractivity contribution is 0.601. The quantitative estimate of drug-likeness (QED) is 0.731. The molecule has 78 valence electrons. The van der Waals surface area contributed by atoms with Crippen molar-refractivity contribution in [2.75, 3.05) is 18.4 Å². The Morgan fingerprint density at radius 3 is 2.50 bits per heavy atom. The van der Waals surface area contributed by atoms with Crippen molar-refractivity contribution in [3.05, 3.63) is 17.4 Å². The third-order valence-electron chi connectivity index (χ3n) is 1.58. The molecule has 0 aromatic carbocycles. The predicted molar refractivity (Wildman–Crippen MR) is 58.7 cm³/mol. The number of nitrogens with zero attached hydrogens (tertiary/aromatic N) is 2.